The summed E-state index contributed by atoms with van der Waals surface area (Å²) in [6.45, 7) is 6.93. The number of ether oxygens (including phenoxy) is 1. The highest BCUT2D eigenvalue weighted by atomic mass is 19.1. The highest BCUT2D eigenvalue weighted by Gasteiger charge is 2.21. The Hall–Kier alpha value is -4.05. The van der Waals surface area contributed by atoms with Gasteiger partial charge in [-0.2, -0.15) is 0 Å². The number of benzene rings is 1. The minimum Gasteiger partial charge on any atom is -0.435 e. The summed E-state index contributed by atoms with van der Waals surface area (Å²) >= 11 is 0. The first-order valence-corrected chi connectivity index (χ1v) is 11.0. The average molecular weight is 462 g/mol. The van der Waals surface area contributed by atoms with Crippen LogP contribution in [0.5, 0.6) is 11.6 Å². The van der Waals surface area contributed by atoms with Crippen molar-refractivity contribution in [1.29, 1.82) is 0 Å². The van der Waals surface area contributed by atoms with E-state index in [2.05, 4.69) is 35.5 Å². The van der Waals surface area contributed by atoms with E-state index in [0.29, 0.717) is 16.7 Å². The van der Waals surface area contributed by atoms with Crippen LogP contribution < -0.4 is 20.3 Å². The van der Waals surface area contributed by atoms with Gasteiger partial charge in [0.25, 0.3) is 0 Å². The van der Waals surface area contributed by atoms with E-state index in [1.54, 1.807) is 18.3 Å². The average Bonchev–Trinajstić information content (AvgIpc) is 3.23. The third-order valence-corrected chi connectivity index (χ3v) is 5.68. The molecule has 3 N–H and O–H groups in total. The van der Waals surface area contributed by atoms with Crippen molar-refractivity contribution in [3.05, 3.63) is 59.9 Å². The van der Waals surface area contributed by atoms with Gasteiger partial charge in [0.1, 0.15) is 23.5 Å². The zero-order valence-electron chi connectivity index (χ0n) is 18.9. The Balaban J connectivity index is 1.42. The molecule has 0 spiro atoms. The maximum Gasteiger partial charge on any atom is 0.235 e. The molecular weight excluding hydrogens is 437 g/mol. The number of aromatic nitrogens is 4. The van der Waals surface area contributed by atoms with Gasteiger partial charge in [-0.3, -0.25) is 4.79 Å². The number of Topliss-reactive ketones (excluding diaryl/α,β-unsaturated/α-hetero) is 1. The van der Waals surface area contributed by atoms with Gasteiger partial charge in [-0.05, 0) is 44.2 Å². The molecule has 0 atom stereocenters. The number of piperazine rings is 1. The minimum absolute atomic E-state index is 0.0304. The highest BCUT2D eigenvalue weighted by Crippen LogP contribution is 2.33. The largest absolute Gasteiger partial charge is 0.435 e. The van der Waals surface area contributed by atoms with E-state index in [0.717, 1.165) is 37.6 Å². The number of nitrogens with zero attached hydrogens (tertiary/aromatic N) is 4. The summed E-state index contributed by atoms with van der Waals surface area (Å²) in [7, 11) is 0. The zero-order valence-corrected chi connectivity index (χ0v) is 18.9. The highest BCUT2D eigenvalue weighted by molar-refractivity contribution is 6.01. The molecule has 174 valence electrons. The van der Waals surface area contributed by atoms with Gasteiger partial charge in [0.15, 0.2) is 17.3 Å². The number of anilines is 3. The molecule has 0 bridgehead atoms. The molecule has 0 amide bonds. The van der Waals surface area contributed by atoms with E-state index in [1.807, 2.05) is 19.1 Å². The molecular formula is C24H24FN7O2. The summed E-state index contributed by atoms with van der Waals surface area (Å²) in [4.78, 5) is 30.6. The van der Waals surface area contributed by atoms with Crippen molar-refractivity contribution in [3.63, 3.8) is 0 Å². The molecule has 10 heteroatoms. The molecule has 1 saturated heterocycles. The first kappa shape index (κ1) is 21.8. The zero-order chi connectivity index (χ0) is 23.7. The molecule has 5 rings (SSSR count). The second kappa shape index (κ2) is 9.06. The Morgan fingerprint density at radius 1 is 1.15 bits per heavy atom. The molecule has 1 fully saturated rings. The lowest BCUT2D eigenvalue weighted by Gasteiger charge is -2.29. The fraction of sp³-hybridized carbons (Fsp3) is 0.250. The summed E-state index contributed by atoms with van der Waals surface area (Å²) in [6.07, 6.45) is 3.04. The Morgan fingerprint density at radius 3 is 2.71 bits per heavy atom. The lowest BCUT2D eigenvalue weighted by Crippen LogP contribution is -2.43. The van der Waals surface area contributed by atoms with Crippen LogP contribution in [0.2, 0.25) is 0 Å². The first-order valence-electron chi connectivity index (χ1n) is 11.0. The van der Waals surface area contributed by atoms with Gasteiger partial charge in [0.2, 0.25) is 5.88 Å². The maximum absolute atomic E-state index is 15.0. The van der Waals surface area contributed by atoms with Gasteiger partial charge in [0, 0.05) is 42.8 Å². The lowest BCUT2D eigenvalue weighted by atomic mass is 10.2. The van der Waals surface area contributed by atoms with Crippen LogP contribution in [0.3, 0.4) is 0 Å². The number of fused-ring (bicyclic) bond motifs is 1. The monoisotopic (exact) mass is 461 g/mol. The predicted molar refractivity (Wildman–Crippen MR) is 128 cm³/mol. The van der Waals surface area contributed by atoms with Crippen LogP contribution in [0, 0.1) is 12.7 Å². The van der Waals surface area contributed by atoms with E-state index in [1.165, 1.54) is 19.3 Å². The molecule has 4 heterocycles. The van der Waals surface area contributed by atoms with E-state index >= 15 is 4.39 Å². The normalized spacial score (nSPS) is 13.8. The number of pyridine rings is 1. The van der Waals surface area contributed by atoms with Crippen LogP contribution in [-0.4, -0.2) is 51.9 Å². The summed E-state index contributed by atoms with van der Waals surface area (Å²) in [6, 6.07) is 8.72. The molecule has 0 radical (unpaired) electrons. The Morgan fingerprint density at radius 2 is 1.97 bits per heavy atom. The third-order valence-electron chi connectivity index (χ3n) is 5.68. The Labute approximate surface area is 195 Å². The van der Waals surface area contributed by atoms with E-state index in [-0.39, 0.29) is 28.8 Å². The summed E-state index contributed by atoms with van der Waals surface area (Å²) < 4.78 is 20.8. The number of aromatic amines is 1. The topological polar surface area (TPSA) is 108 Å². The fourth-order valence-electron chi connectivity index (χ4n) is 4.02. The maximum atomic E-state index is 15.0. The molecule has 9 nitrogen and oxygen atoms in total. The van der Waals surface area contributed by atoms with E-state index in [4.69, 9.17) is 4.74 Å². The molecule has 4 aromatic rings. The number of aryl methyl sites for hydroxylation is 1. The van der Waals surface area contributed by atoms with E-state index in [9.17, 15) is 4.79 Å². The van der Waals surface area contributed by atoms with Crippen LogP contribution >= 0.6 is 0 Å². The van der Waals surface area contributed by atoms with Gasteiger partial charge in [-0.15, -0.1) is 0 Å². The van der Waals surface area contributed by atoms with Gasteiger partial charge in [-0.25, -0.2) is 19.3 Å². The number of hydrogen-bond acceptors (Lipinski definition) is 8. The van der Waals surface area contributed by atoms with Crippen LogP contribution in [0.25, 0.3) is 10.9 Å². The molecule has 0 saturated carbocycles. The molecule has 34 heavy (non-hydrogen) atoms. The van der Waals surface area contributed by atoms with Gasteiger partial charge < -0.3 is 25.3 Å². The first-order chi connectivity index (χ1) is 16.5. The minimum atomic E-state index is -0.533. The molecule has 1 aliphatic heterocycles. The number of rotatable bonds is 6. The second-order valence-electron chi connectivity index (χ2n) is 8.12. The second-order valence-corrected chi connectivity index (χ2v) is 8.12. The van der Waals surface area contributed by atoms with Crippen molar-refractivity contribution in [2.75, 3.05) is 36.4 Å². The van der Waals surface area contributed by atoms with Crippen LogP contribution in [0.15, 0.2) is 42.9 Å². The smallest absolute Gasteiger partial charge is 0.235 e. The molecule has 3 aromatic heterocycles. The van der Waals surface area contributed by atoms with Crippen LogP contribution in [-0.2, 0) is 0 Å². The number of ketones is 1. The Bertz CT molecular complexity index is 1350. The standard InChI is InChI=1S/C24H24FN7O2/c1-14-11-17-18(30-14)4-5-19(22(17)25)34-24-21(15(2)33)23(28-13-29-24)31-20-6-3-16(12-27-20)32-9-7-26-8-10-32/h3-6,11-13,26,30H,7-10H2,1-2H3,(H,27,28,29,31). The molecule has 1 aliphatic rings. The van der Waals surface area contributed by atoms with Crippen LogP contribution in [0.1, 0.15) is 23.0 Å². The number of H-pyrrole nitrogens is 1. The molecule has 1 aromatic carbocycles. The predicted octanol–water partition coefficient (Wildman–Crippen LogP) is 3.95. The van der Waals surface area contributed by atoms with Crippen molar-refractivity contribution in [1.82, 2.24) is 25.3 Å². The molecule has 0 unspecified atom stereocenters. The van der Waals surface area contributed by atoms with Gasteiger partial charge in [0.05, 0.1) is 11.9 Å². The van der Waals surface area contributed by atoms with Crippen molar-refractivity contribution >= 4 is 34.0 Å². The van der Waals surface area contributed by atoms with E-state index < -0.39 is 5.82 Å². The number of hydrogen-bond donors (Lipinski definition) is 3. The summed E-state index contributed by atoms with van der Waals surface area (Å²) in [5.74, 6) is -0.172. The number of carbonyl (C=O) groups is 1. The number of carbonyl (C=O) groups excluding carboxylic acids is 1. The lowest BCUT2D eigenvalue weighted by molar-refractivity contribution is 0.101. The SMILES string of the molecule is CC(=O)c1c(Nc2ccc(N3CCNCC3)cn2)ncnc1Oc1ccc2[nH]c(C)cc2c1F. The fourth-order valence-corrected chi connectivity index (χ4v) is 4.02. The number of nitrogens with one attached hydrogen (secondary N) is 3. The van der Waals surface area contributed by atoms with Crippen LogP contribution in [0.4, 0.5) is 21.7 Å². The van der Waals surface area contributed by atoms with Crippen molar-refractivity contribution in [2.45, 2.75) is 13.8 Å². The van der Waals surface area contributed by atoms with Crippen molar-refractivity contribution in [2.24, 2.45) is 0 Å². The van der Waals surface area contributed by atoms with Crippen molar-refractivity contribution in [3.8, 4) is 11.6 Å². The Kier molecular flexibility index (Phi) is 5.81. The van der Waals surface area contributed by atoms with Crippen molar-refractivity contribution < 1.29 is 13.9 Å². The number of halogens is 1. The van der Waals surface area contributed by atoms with Gasteiger partial charge in [-0.1, -0.05) is 0 Å². The molecule has 0 aliphatic carbocycles. The summed E-state index contributed by atoms with van der Waals surface area (Å²) in [5, 5.41) is 6.79. The van der Waals surface area contributed by atoms with Gasteiger partial charge >= 0.3 is 0 Å². The third kappa shape index (κ3) is 4.27. The quantitative estimate of drug-likeness (QED) is 0.371. The summed E-state index contributed by atoms with van der Waals surface area (Å²) in [5.41, 5.74) is 2.63.